The molecule has 200 valence electrons. The number of carbonyl (C=O) groups is 2. The Morgan fingerprint density at radius 2 is 1.67 bits per heavy atom. The van der Waals surface area contributed by atoms with Crippen LogP contribution < -0.4 is 14.2 Å². The summed E-state index contributed by atoms with van der Waals surface area (Å²) < 4.78 is 22.0. The number of aliphatic hydroxyl groups is 1. The lowest BCUT2D eigenvalue weighted by Gasteiger charge is -2.27. The molecule has 1 amide bonds. The lowest BCUT2D eigenvalue weighted by molar-refractivity contribution is -0.129. The molecule has 0 radical (unpaired) electrons. The zero-order valence-corrected chi connectivity index (χ0v) is 22.2. The third kappa shape index (κ3) is 4.69. The standard InChI is InChI=1S/C31H29NO7/c1-18-7-5-8-20(15-18)27-26(28(33)25-17-21-9-6-10-23(37-3)30(21)39-25)29(34)31(35)32(27)14-13-19-11-12-22(36-2)24(16-19)38-4/h5-12,15-17,27,34H,13-14H2,1-4H3. The van der Waals surface area contributed by atoms with Crippen molar-refractivity contribution in [2.45, 2.75) is 19.4 Å². The second-order valence-corrected chi connectivity index (χ2v) is 9.34. The predicted molar refractivity (Wildman–Crippen MR) is 146 cm³/mol. The van der Waals surface area contributed by atoms with Crippen molar-refractivity contribution in [2.75, 3.05) is 27.9 Å². The first-order chi connectivity index (χ1) is 18.9. The number of methoxy groups -OCH3 is 3. The Kier molecular flexibility index (Phi) is 7.02. The highest BCUT2D eigenvalue weighted by Crippen LogP contribution is 2.40. The quantitative estimate of drug-likeness (QED) is 0.284. The van der Waals surface area contributed by atoms with Crippen molar-refractivity contribution in [2.24, 2.45) is 0 Å². The van der Waals surface area contributed by atoms with Gasteiger partial charge in [0, 0.05) is 11.9 Å². The monoisotopic (exact) mass is 527 g/mol. The molecule has 5 rings (SSSR count). The number of carbonyl (C=O) groups excluding carboxylic acids is 2. The number of ether oxygens (including phenoxy) is 3. The molecular weight excluding hydrogens is 498 g/mol. The molecule has 1 atom stereocenters. The number of fused-ring (bicyclic) bond motifs is 1. The second kappa shape index (κ2) is 10.6. The third-order valence-electron chi connectivity index (χ3n) is 6.95. The summed E-state index contributed by atoms with van der Waals surface area (Å²) in [5.41, 5.74) is 3.00. The molecule has 0 aliphatic carbocycles. The van der Waals surface area contributed by atoms with Crippen LogP contribution in [0.1, 0.15) is 33.3 Å². The predicted octanol–water partition coefficient (Wildman–Crippen LogP) is 5.59. The van der Waals surface area contributed by atoms with Crippen molar-refractivity contribution >= 4 is 22.7 Å². The number of Topliss-reactive ketones (excluding diaryl/α,β-unsaturated/α-hetero) is 1. The fourth-order valence-electron chi connectivity index (χ4n) is 5.03. The third-order valence-corrected chi connectivity index (χ3v) is 6.95. The van der Waals surface area contributed by atoms with Crippen molar-refractivity contribution in [1.29, 1.82) is 0 Å². The van der Waals surface area contributed by atoms with Gasteiger partial charge in [0.2, 0.25) is 5.78 Å². The van der Waals surface area contributed by atoms with Crippen molar-refractivity contribution in [3.8, 4) is 17.2 Å². The van der Waals surface area contributed by atoms with Gasteiger partial charge in [-0.2, -0.15) is 0 Å². The molecule has 1 N–H and O–H groups in total. The number of rotatable bonds is 9. The van der Waals surface area contributed by atoms with E-state index in [9.17, 15) is 14.7 Å². The highest BCUT2D eigenvalue weighted by molar-refractivity contribution is 6.16. The SMILES string of the molecule is COc1ccc(CCN2C(=O)C(O)=C(C(=O)c3cc4cccc(OC)c4o3)C2c2cccc(C)c2)cc1OC. The summed E-state index contributed by atoms with van der Waals surface area (Å²) in [6, 6.07) is 19.3. The highest BCUT2D eigenvalue weighted by Gasteiger charge is 2.44. The lowest BCUT2D eigenvalue weighted by Crippen LogP contribution is -2.33. The van der Waals surface area contributed by atoms with Gasteiger partial charge in [-0.15, -0.1) is 0 Å². The van der Waals surface area contributed by atoms with E-state index in [4.69, 9.17) is 18.6 Å². The van der Waals surface area contributed by atoms with Gasteiger partial charge in [-0.05, 0) is 48.7 Å². The Morgan fingerprint density at radius 1 is 0.923 bits per heavy atom. The number of nitrogens with zero attached hydrogens (tertiary/aromatic N) is 1. The van der Waals surface area contributed by atoms with Gasteiger partial charge in [0.1, 0.15) is 0 Å². The van der Waals surface area contributed by atoms with Crippen LogP contribution in [0.25, 0.3) is 11.0 Å². The topological polar surface area (TPSA) is 98.4 Å². The molecule has 39 heavy (non-hydrogen) atoms. The minimum absolute atomic E-state index is 0.0169. The van der Waals surface area contributed by atoms with E-state index in [1.807, 2.05) is 43.3 Å². The lowest BCUT2D eigenvalue weighted by atomic mass is 9.94. The maximum absolute atomic E-state index is 13.9. The van der Waals surface area contributed by atoms with Crippen molar-refractivity contribution in [3.05, 3.63) is 101 Å². The van der Waals surface area contributed by atoms with Gasteiger partial charge in [-0.1, -0.05) is 48.0 Å². The number of para-hydroxylation sites is 1. The molecule has 0 bridgehead atoms. The van der Waals surface area contributed by atoms with E-state index in [1.54, 1.807) is 44.6 Å². The van der Waals surface area contributed by atoms with Crippen molar-refractivity contribution in [3.63, 3.8) is 0 Å². The van der Waals surface area contributed by atoms with Crippen LogP contribution in [0.5, 0.6) is 17.2 Å². The summed E-state index contributed by atoms with van der Waals surface area (Å²) in [5.74, 6) is -0.0623. The van der Waals surface area contributed by atoms with Crippen LogP contribution in [-0.2, 0) is 11.2 Å². The number of ketones is 1. The molecule has 8 nitrogen and oxygen atoms in total. The summed E-state index contributed by atoms with van der Waals surface area (Å²) in [5, 5.41) is 11.7. The Labute approximate surface area is 226 Å². The van der Waals surface area contributed by atoms with Crippen LogP contribution in [0.4, 0.5) is 0 Å². The number of furan rings is 1. The zero-order chi connectivity index (χ0) is 27.7. The van der Waals surface area contributed by atoms with Gasteiger partial charge in [0.25, 0.3) is 5.91 Å². The number of benzene rings is 3. The largest absolute Gasteiger partial charge is 0.503 e. The molecule has 1 aromatic heterocycles. The summed E-state index contributed by atoms with van der Waals surface area (Å²) in [6.07, 6.45) is 0.463. The molecule has 1 unspecified atom stereocenters. The van der Waals surface area contributed by atoms with E-state index < -0.39 is 23.5 Å². The maximum Gasteiger partial charge on any atom is 0.290 e. The van der Waals surface area contributed by atoms with Crippen LogP contribution in [0.2, 0.25) is 0 Å². The minimum atomic E-state index is -0.792. The smallest absolute Gasteiger partial charge is 0.290 e. The molecule has 0 saturated heterocycles. The Bertz CT molecular complexity index is 1600. The first-order valence-corrected chi connectivity index (χ1v) is 12.5. The fourth-order valence-corrected chi connectivity index (χ4v) is 5.03. The van der Waals surface area contributed by atoms with Crippen LogP contribution in [0.15, 0.2) is 82.5 Å². The van der Waals surface area contributed by atoms with E-state index in [0.717, 1.165) is 16.7 Å². The summed E-state index contributed by atoms with van der Waals surface area (Å²) >= 11 is 0. The average molecular weight is 528 g/mol. The molecule has 2 heterocycles. The first-order valence-electron chi connectivity index (χ1n) is 12.5. The highest BCUT2D eigenvalue weighted by atomic mass is 16.5. The zero-order valence-electron chi connectivity index (χ0n) is 22.2. The molecule has 1 aliphatic heterocycles. The fraction of sp³-hybridized carbons (Fsp3) is 0.226. The van der Waals surface area contributed by atoms with Crippen LogP contribution in [-0.4, -0.2) is 49.6 Å². The molecular formula is C31H29NO7. The van der Waals surface area contributed by atoms with Gasteiger partial charge in [0.05, 0.1) is 32.9 Å². The Hall–Kier alpha value is -4.72. The van der Waals surface area contributed by atoms with Gasteiger partial charge in [-0.3, -0.25) is 9.59 Å². The van der Waals surface area contributed by atoms with E-state index in [2.05, 4.69) is 0 Å². The molecule has 1 aliphatic rings. The van der Waals surface area contributed by atoms with Gasteiger partial charge < -0.3 is 28.6 Å². The van der Waals surface area contributed by atoms with E-state index in [1.165, 1.54) is 12.0 Å². The normalized spacial score (nSPS) is 15.2. The van der Waals surface area contributed by atoms with Crippen molar-refractivity contribution in [1.82, 2.24) is 4.90 Å². The van der Waals surface area contributed by atoms with Crippen LogP contribution >= 0.6 is 0 Å². The molecule has 0 fully saturated rings. The van der Waals surface area contributed by atoms with E-state index >= 15 is 0 Å². The van der Waals surface area contributed by atoms with E-state index in [0.29, 0.717) is 34.6 Å². The molecule has 8 heteroatoms. The number of amides is 1. The molecule has 0 spiro atoms. The molecule has 4 aromatic rings. The maximum atomic E-state index is 13.9. The number of aryl methyl sites for hydroxylation is 1. The van der Waals surface area contributed by atoms with Crippen LogP contribution in [0.3, 0.4) is 0 Å². The number of hydrogen-bond donors (Lipinski definition) is 1. The molecule has 3 aromatic carbocycles. The van der Waals surface area contributed by atoms with Crippen LogP contribution in [0, 0.1) is 6.92 Å². The van der Waals surface area contributed by atoms with E-state index in [-0.39, 0.29) is 17.9 Å². The summed E-state index contributed by atoms with van der Waals surface area (Å²) in [6.45, 7) is 2.19. The Morgan fingerprint density at radius 3 is 2.38 bits per heavy atom. The number of aliphatic hydroxyl groups excluding tert-OH is 1. The number of hydrogen-bond acceptors (Lipinski definition) is 7. The van der Waals surface area contributed by atoms with Gasteiger partial charge >= 0.3 is 0 Å². The molecule has 0 saturated carbocycles. The first kappa shape index (κ1) is 25.9. The van der Waals surface area contributed by atoms with Crippen molar-refractivity contribution < 1.29 is 33.3 Å². The summed E-state index contributed by atoms with van der Waals surface area (Å²) in [7, 11) is 4.65. The summed E-state index contributed by atoms with van der Waals surface area (Å²) in [4.78, 5) is 28.8. The van der Waals surface area contributed by atoms with Gasteiger partial charge in [0.15, 0.2) is 34.4 Å². The second-order valence-electron chi connectivity index (χ2n) is 9.34. The van der Waals surface area contributed by atoms with Gasteiger partial charge in [-0.25, -0.2) is 0 Å². The minimum Gasteiger partial charge on any atom is -0.503 e. The average Bonchev–Trinajstić information content (AvgIpc) is 3.50. The Balaban J connectivity index is 1.52.